The lowest BCUT2D eigenvalue weighted by Crippen LogP contribution is -3.28. The molecule has 1 aromatic rings. The van der Waals surface area contributed by atoms with Gasteiger partial charge in [-0.3, -0.25) is 4.79 Å². The van der Waals surface area contributed by atoms with Crippen molar-refractivity contribution in [1.29, 1.82) is 0 Å². The first kappa shape index (κ1) is 21.1. The second-order valence-corrected chi connectivity index (χ2v) is 8.96. The smallest absolute Gasteiger partial charge is 0.329 e. The van der Waals surface area contributed by atoms with Crippen molar-refractivity contribution in [2.45, 2.75) is 50.6 Å². The number of hydrogen-bond donors (Lipinski definition) is 3. The van der Waals surface area contributed by atoms with E-state index in [1.807, 2.05) is 6.07 Å². The minimum Gasteiger partial charge on any atom is -0.494 e. The fraction of sp³-hybridized carbons (Fsp3) is 0.636. The molecular weight excluding hydrogens is 387 g/mol. The van der Waals surface area contributed by atoms with Crippen LogP contribution in [0.15, 0.2) is 18.2 Å². The van der Waals surface area contributed by atoms with Crippen molar-refractivity contribution in [2.24, 2.45) is 0 Å². The van der Waals surface area contributed by atoms with Crippen molar-refractivity contribution < 1.29 is 28.5 Å². The zero-order valence-electron chi connectivity index (χ0n) is 17.8. The van der Waals surface area contributed by atoms with Gasteiger partial charge >= 0.3 is 6.03 Å². The molecule has 3 fully saturated rings. The molecule has 0 bridgehead atoms. The summed E-state index contributed by atoms with van der Waals surface area (Å²) < 4.78 is 18.9. The molecule has 0 unspecified atom stereocenters. The van der Waals surface area contributed by atoms with Gasteiger partial charge in [0.05, 0.1) is 7.11 Å². The largest absolute Gasteiger partial charge is 0.494 e. The number of rotatable bonds is 5. The molecule has 1 spiro atoms. The van der Waals surface area contributed by atoms with E-state index in [1.165, 1.54) is 21.8 Å². The number of quaternary nitrogens is 2. The molecule has 0 aromatic heterocycles. The lowest BCUT2D eigenvalue weighted by Gasteiger charge is -2.31. The number of methoxy groups -OCH3 is 1. The highest BCUT2D eigenvalue weighted by atomic mass is 19.1. The maximum atomic E-state index is 13.9. The number of halogens is 1. The Bertz CT molecular complexity index is 787. The van der Waals surface area contributed by atoms with Crippen LogP contribution in [0.4, 0.5) is 9.18 Å². The van der Waals surface area contributed by atoms with E-state index in [1.54, 1.807) is 12.1 Å². The average molecular weight is 421 g/mol. The van der Waals surface area contributed by atoms with E-state index in [-0.39, 0.29) is 23.5 Å². The van der Waals surface area contributed by atoms with Gasteiger partial charge in [-0.05, 0) is 31.0 Å². The number of imide groups is 1. The molecule has 3 aliphatic rings. The molecule has 4 rings (SSSR count). The van der Waals surface area contributed by atoms with Crippen LogP contribution in [0.1, 0.15) is 44.1 Å². The number of amides is 3. The summed E-state index contributed by atoms with van der Waals surface area (Å²) in [6.45, 7) is 4.84. The van der Waals surface area contributed by atoms with Gasteiger partial charge in [0.15, 0.2) is 18.2 Å². The normalized spacial score (nSPS) is 26.5. The van der Waals surface area contributed by atoms with Gasteiger partial charge in [-0.25, -0.2) is 14.1 Å². The van der Waals surface area contributed by atoms with Crippen molar-refractivity contribution in [3.8, 4) is 5.75 Å². The monoisotopic (exact) mass is 420 g/mol. The highest BCUT2D eigenvalue weighted by Gasteiger charge is 2.51. The highest BCUT2D eigenvalue weighted by molar-refractivity contribution is 6.06. The second kappa shape index (κ2) is 8.89. The van der Waals surface area contributed by atoms with Gasteiger partial charge in [0.25, 0.3) is 5.91 Å². The average Bonchev–Trinajstić information content (AvgIpc) is 2.90. The summed E-state index contributed by atoms with van der Waals surface area (Å²) in [5, 5.41) is 3.03. The number of nitrogens with zero attached hydrogens (tertiary/aromatic N) is 1. The van der Waals surface area contributed by atoms with Crippen LogP contribution in [0.2, 0.25) is 0 Å². The molecule has 2 aliphatic heterocycles. The van der Waals surface area contributed by atoms with Gasteiger partial charge in [-0.1, -0.05) is 25.7 Å². The van der Waals surface area contributed by atoms with Crippen molar-refractivity contribution in [3.63, 3.8) is 0 Å². The fourth-order valence-corrected chi connectivity index (χ4v) is 5.11. The number of nitrogens with one attached hydrogen (secondary N) is 3. The minimum atomic E-state index is -0.654. The summed E-state index contributed by atoms with van der Waals surface area (Å²) in [7, 11) is 1.47. The van der Waals surface area contributed by atoms with Crippen LogP contribution in [0.25, 0.3) is 0 Å². The molecule has 2 saturated heterocycles. The number of carbonyl (C=O) groups is 2. The molecule has 3 N–H and O–H groups in total. The summed E-state index contributed by atoms with van der Waals surface area (Å²) in [5.41, 5.74) is 0.301. The third-order valence-electron chi connectivity index (χ3n) is 6.92. The van der Waals surface area contributed by atoms with E-state index in [0.717, 1.165) is 76.8 Å². The van der Waals surface area contributed by atoms with E-state index < -0.39 is 5.54 Å². The van der Waals surface area contributed by atoms with Crippen molar-refractivity contribution >= 4 is 11.9 Å². The zero-order valence-corrected chi connectivity index (χ0v) is 17.8. The zero-order chi connectivity index (χ0) is 21.1. The van der Waals surface area contributed by atoms with Crippen LogP contribution in [-0.4, -0.2) is 62.3 Å². The van der Waals surface area contributed by atoms with Gasteiger partial charge < -0.3 is 19.9 Å². The molecule has 164 valence electrons. The fourth-order valence-electron chi connectivity index (χ4n) is 5.11. The Morgan fingerprint density at radius 1 is 1.07 bits per heavy atom. The first-order valence-corrected chi connectivity index (χ1v) is 11.1. The molecule has 30 heavy (non-hydrogen) atoms. The van der Waals surface area contributed by atoms with Gasteiger partial charge in [0, 0.05) is 5.56 Å². The second-order valence-electron chi connectivity index (χ2n) is 8.96. The summed E-state index contributed by atoms with van der Waals surface area (Å²) in [6, 6.07) is 4.91. The molecule has 1 saturated carbocycles. The van der Waals surface area contributed by atoms with E-state index in [2.05, 4.69) is 5.32 Å². The Morgan fingerprint density at radius 2 is 1.73 bits per heavy atom. The summed E-state index contributed by atoms with van der Waals surface area (Å²) in [4.78, 5) is 29.7. The van der Waals surface area contributed by atoms with E-state index in [0.29, 0.717) is 6.67 Å². The SMILES string of the molecule is COc1ccc(C[NH+]2CC[NH+](CN3C(=O)NC4(CCCCCC4)C3=O)CC2)cc1F. The molecule has 7 nitrogen and oxygen atoms in total. The molecule has 0 atom stereocenters. The van der Waals surface area contributed by atoms with Gasteiger partial charge in [0.2, 0.25) is 0 Å². The molecule has 3 amide bonds. The number of piperazine rings is 1. The van der Waals surface area contributed by atoms with E-state index in [9.17, 15) is 14.0 Å². The predicted molar refractivity (Wildman–Crippen MR) is 109 cm³/mol. The molecule has 0 radical (unpaired) electrons. The third kappa shape index (κ3) is 4.30. The van der Waals surface area contributed by atoms with Crippen LogP contribution in [0.3, 0.4) is 0 Å². The summed E-state index contributed by atoms with van der Waals surface area (Å²) >= 11 is 0. The van der Waals surface area contributed by atoms with Crippen molar-refractivity contribution in [3.05, 3.63) is 29.6 Å². The van der Waals surface area contributed by atoms with Crippen molar-refractivity contribution in [1.82, 2.24) is 10.2 Å². The van der Waals surface area contributed by atoms with Crippen molar-refractivity contribution in [2.75, 3.05) is 40.0 Å². The first-order chi connectivity index (χ1) is 14.5. The number of urea groups is 1. The van der Waals surface area contributed by atoms with Gasteiger partial charge in [-0.2, -0.15) is 0 Å². The number of benzene rings is 1. The molecule has 1 aromatic carbocycles. The first-order valence-electron chi connectivity index (χ1n) is 11.1. The Labute approximate surface area is 177 Å². The maximum Gasteiger partial charge on any atom is 0.329 e. The number of ether oxygens (including phenoxy) is 1. The highest BCUT2D eigenvalue weighted by Crippen LogP contribution is 2.32. The third-order valence-corrected chi connectivity index (χ3v) is 6.92. The predicted octanol–water partition coefficient (Wildman–Crippen LogP) is -0.280. The van der Waals surface area contributed by atoms with E-state index >= 15 is 0 Å². The standard InChI is InChI=1S/C22H31FN4O3/c1-30-19-7-6-17(14-18(19)23)15-25-10-12-26(13-11-25)16-27-20(28)22(24-21(27)29)8-4-2-3-5-9-22/h6-7,14H,2-5,8-13,15-16H2,1H3,(H,24,29)/p+2. The Balaban J connectivity index is 1.30. The van der Waals surface area contributed by atoms with Gasteiger partial charge in [-0.15, -0.1) is 0 Å². The minimum absolute atomic E-state index is 0.0228. The quantitative estimate of drug-likeness (QED) is 0.574. The molecular formula is C22H33FN4O3+2. The Morgan fingerprint density at radius 3 is 2.37 bits per heavy atom. The van der Waals surface area contributed by atoms with Gasteiger partial charge in [0.1, 0.15) is 38.3 Å². The Kier molecular flexibility index (Phi) is 6.24. The molecule has 8 heteroatoms. The lowest BCUT2D eigenvalue weighted by molar-refractivity contribution is -1.02. The topological polar surface area (TPSA) is 67.5 Å². The van der Waals surface area contributed by atoms with Crippen LogP contribution in [0, 0.1) is 5.82 Å². The molecule has 1 aliphatic carbocycles. The summed E-state index contributed by atoms with van der Waals surface area (Å²) in [6.07, 6.45) is 5.80. The van der Waals surface area contributed by atoms with E-state index in [4.69, 9.17) is 4.74 Å². The van der Waals surface area contributed by atoms with Crippen LogP contribution < -0.4 is 19.9 Å². The van der Waals surface area contributed by atoms with Crippen LogP contribution in [0.5, 0.6) is 5.75 Å². The molecule has 2 heterocycles. The lowest BCUT2D eigenvalue weighted by atomic mass is 9.90. The summed E-state index contributed by atoms with van der Waals surface area (Å²) in [5.74, 6) is -0.0851. The van der Waals surface area contributed by atoms with Crippen LogP contribution in [-0.2, 0) is 11.3 Å². The number of hydrogen-bond acceptors (Lipinski definition) is 3. The maximum absolute atomic E-state index is 13.9. The Hall–Kier alpha value is -2.19. The van der Waals surface area contributed by atoms with Crippen LogP contribution >= 0.6 is 0 Å². The number of carbonyl (C=O) groups excluding carboxylic acids is 2.